The molecule has 0 aromatic heterocycles. The maximum absolute atomic E-state index is 13.4. The van der Waals surface area contributed by atoms with Gasteiger partial charge in [0, 0.05) is 23.7 Å². The van der Waals surface area contributed by atoms with Gasteiger partial charge in [0.2, 0.25) is 0 Å². The first-order chi connectivity index (χ1) is 7.91. The highest BCUT2D eigenvalue weighted by molar-refractivity contribution is 9.10. The Labute approximate surface area is 105 Å². The molecular formula is C11H9BrFNO3. The number of amides is 1. The third-order valence-electron chi connectivity index (χ3n) is 1.97. The molecule has 0 aliphatic carbocycles. The van der Waals surface area contributed by atoms with E-state index < -0.39 is 17.7 Å². The van der Waals surface area contributed by atoms with E-state index in [1.54, 1.807) is 0 Å². The van der Waals surface area contributed by atoms with Gasteiger partial charge in [-0.3, -0.25) is 4.79 Å². The van der Waals surface area contributed by atoms with Gasteiger partial charge in [0.25, 0.3) is 5.91 Å². The van der Waals surface area contributed by atoms with Crippen molar-refractivity contribution >= 4 is 33.5 Å². The standard InChI is InChI=1S/C11H9BrFNO3/c1-14(10(15)4-5-11(16)17)9-6-7(12)2-3-8(9)13/h2-6H,1H3,(H,16,17)/b5-4+. The Hall–Kier alpha value is -1.69. The number of nitrogens with zero attached hydrogens (tertiary/aromatic N) is 1. The maximum Gasteiger partial charge on any atom is 0.328 e. The molecule has 0 aliphatic heterocycles. The largest absolute Gasteiger partial charge is 0.478 e. The molecule has 1 N–H and O–H groups in total. The average molecular weight is 302 g/mol. The fourth-order valence-electron chi connectivity index (χ4n) is 1.12. The first kappa shape index (κ1) is 13.4. The second-order valence-electron chi connectivity index (χ2n) is 3.16. The van der Waals surface area contributed by atoms with Crippen LogP contribution in [0.5, 0.6) is 0 Å². The minimum absolute atomic E-state index is 0.0689. The lowest BCUT2D eigenvalue weighted by Gasteiger charge is -2.16. The molecule has 0 atom stereocenters. The number of likely N-dealkylation sites (N-methyl/N-ethyl adjacent to an activating group) is 1. The fourth-order valence-corrected chi connectivity index (χ4v) is 1.46. The summed E-state index contributed by atoms with van der Waals surface area (Å²) in [6.07, 6.45) is 1.57. The molecule has 6 heteroatoms. The van der Waals surface area contributed by atoms with E-state index in [-0.39, 0.29) is 5.69 Å². The summed E-state index contributed by atoms with van der Waals surface area (Å²) in [4.78, 5) is 22.8. The smallest absolute Gasteiger partial charge is 0.328 e. The molecule has 4 nitrogen and oxygen atoms in total. The average Bonchev–Trinajstić information content (AvgIpc) is 2.28. The second-order valence-corrected chi connectivity index (χ2v) is 4.08. The van der Waals surface area contributed by atoms with Crippen LogP contribution in [0.3, 0.4) is 0 Å². The summed E-state index contributed by atoms with van der Waals surface area (Å²) in [6, 6.07) is 4.15. The zero-order valence-electron chi connectivity index (χ0n) is 8.85. The Bertz CT molecular complexity index is 488. The molecule has 1 aromatic carbocycles. The van der Waals surface area contributed by atoms with E-state index in [1.165, 1.54) is 25.2 Å². The quantitative estimate of drug-likeness (QED) is 0.871. The van der Waals surface area contributed by atoms with Crippen LogP contribution in [0.4, 0.5) is 10.1 Å². The number of aliphatic carboxylic acids is 1. The molecule has 1 rings (SSSR count). The SMILES string of the molecule is CN(C(=O)/C=C/C(=O)O)c1cc(Br)ccc1F. The number of hydrogen-bond acceptors (Lipinski definition) is 2. The minimum atomic E-state index is -1.23. The third kappa shape index (κ3) is 3.67. The molecule has 0 radical (unpaired) electrons. The molecule has 1 aromatic rings. The Morgan fingerprint density at radius 3 is 2.65 bits per heavy atom. The zero-order chi connectivity index (χ0) is 13.0. The lowest BCUT2D eigenvalue weighted by molar-refractivity contribution is -0.131. The van der Waals surface area contributed by atoms with Crippen molar-refractivity contribution in [3.63, 3.8) is 0 Å². The summed E-state index contributed by atoms with van der Waals surface area (Å²) >= 11 is 3.16. The van der Waals surface area contributed by atoms with Crippen molar-refractivity contribution < 1.29 is 19.1 Å². The van der Waals surface area contributed by atoms with Crippen LogP contribution in [-0.4, -0.2) is 24.0 Å². The van der Waals surface area contributed by atoms with Crippen molar-refractivity contribution in [2.24, 2.45) is 0 Å². The van der Waals surface area contributed by atoms with Crippen LogP contribution < -0.4 is 4.90 Å². The summed E-state index contributed by atoms with van der Waals surface area (Å²) in [5.74, 6) is -2.42. The van der Waals surface area contributed by atoms with Crippen LogP contribution in [0, 0.1) is 5.82 Å². The van der Waals surface area contributed by atoms with Crippen LogP contribution in [0.1, 0.15) is 0 Å². The van der Waals surface area contributed by atoms with E-state index in [0.717, 1.165) is 11.0 Å². The topological polar surface area (TPSA) is 57.6 Å². The van der Waals surface area contributed by atoms with E-state index in [0.29, 0.717) is 10.5 Å². The Balaban J connectivity index is 2.96. The first-order valence-electron chi connectivity index (χ1n) is 4.55. The summed E-state index contributed by atoms with van der Waals surface area (Å²) in [5, 5.41) is 8.37. The summed E-state index contributed by atoms with van der Waals surface area (Å²) in [5.41, 5.74) is 0.0689. The van der Waals surface area contributed by atoms with Gasteiger partial charge in [-0.15, -0.1) is 0 Å². The number of carboxylic acid groups (broad SMARTS) is 1. The minimum Gasteiger partial charge on any atom is -0.478 e. The molecule has 0 spiro atoms. The van der Waals surface area contributed by atoms with Gasteiger partial charge in [-0.25, -0.2) is 9.18 Å². The normalized spacial score (nSPS) is 10.5. The molecule has 1 amide bonds. The summed E-state index contributed by atoms with van der Waals surface area (Å²) in [6.45, 7) is 0. The molecule has 0 unspecified atom stereocenters. The van der Waals surface area contributed by atoms with Crippen molar-refractivity contribution in [3.05, 3.63) is 40.6 Å². The van der Waals surface area contributed by atoms with E-state index in [1.807, 2.05) is 0 Å². The van der Waals surface area contributed by atoms with E-state index in [2.05, 4.69) is 15.9 Å². The zero-order valence-corrected chi connectivity index (χ0v) is 10.4. The molecule has 0 heterocycles. The van der Waals surface area contributed by atoms with Crippen LogP contribution in [0.15, 0.2) is 34.8 Å². The lowest BCUT2D eigenvalue weighted by Crippen LogP contribution is -2.25. The number of anilines is 1. The van der Waals surface area contributed by atoms with E-state index in [4.69, 9.17) is 5.11 Å². The molecule has 0 bridgehead atoms. The van der Waals surface area contributed by atoms with Gasteiger partial charge < -0.3 is 10.0 Å². The van der Waals surface area contributed by atoms with Crippen LogP contribution in [0.2, 0.25) is 0 Å². The Morgan fingerprint density at radius 2 is 2.06 bits per heavy atom. The highest BCUT2D eigenvalue weighted by Crippen LogP contribution is 2.23. The van der Waals surface area contributed by atoms with Crippen LogP contribution in [0.25, 0.3) is 0 Å². The Morgan fingerprint density at radius 1 is 1.41 bits per heavy atom. The fraction of sp³-hybridized carbons (Fsp3) is 0.0909. The predicted molar refractivity (Wildman–Crippen MR) is 64.3 cm³/mol. The number of benzene rings is 1. The van der Waals surface area contributed by atoms with E-state index >= 15 is 0 Å². The van der Waals surface area contributed by atoms with Gasteiger partial charge in [-0.2, -0.15) is 0 Å². The van der Waals surface area contributed by atoms with Gasteiger partial charge in [0.1, 0.15) is 5.82 Å². The van der Waals surface area contributed by atoms with Gasteiger partial charge in [-0.1, -0.05) is 15.9 Å². The van der Waals surface area contributed by atoms with E-state index in [9.17, 15) is 14.0 Å². The number of hydrogen-bond donors (Lipinski definition) is 1. The number of halogens is 2. The van der Waals surface area contributed by atoms with Crippen LogP contribution in [-0.2, 0) is 9.59 Å². The monoisotopic (exact) mass is 301 g/mol. The lowest BCUT2D eigenvalue weighted by atomic mass is 10.2. The van der Waals surface area contributed by atoms with Gasteiger partial charge >= 0.3 is 5.97 Å². The molecule has 0 saturated carbocycles. The van der Waals surface area contributed by atoms with Gasteiger partial charge in [-0.05, 0) is 18.2 Å². The van der Waals surface area contributed by atoms with Gasteiger partial charge in [0.05, 0.1) is 5.69 Å². The molecular weight excluding hydrogens is 293 g/mol. The molecule has 0 aliphatic rings. The van der Waals surface area contributed by atoms with Crippen molar-refractivity contribution in [1.29, 1.82) is 0 Å². The van der Waals surface area contributed by atoms with Crippen molar-refractivity contribution in [2.75, 3.05) is 11.9 Å². The summed E-state index contributed by atoms with van der Waals surface area (Å²) in [7, 11) is 1.36. The molecule has 90 valence electrons. The Kier molecular flexibility index (Phi) is 4.39. The van der Waals surface area contributed by atoms with Crippen LogP contribution >= 0.6 is 15.9 Å². The highest BCUT2D eigenvalue weighted by atomic mass is 79.9. The molecule has 17 heavy (non-hydrogen) atoms. The van der Waals surface area contributed by atoms with Crippen molar-refractivity contribution in [2.45, 2.75) is 0 Å². The maximum atomic E-state index is 13.4. The number of carboxylic acids is 1. The molecule has 0 fully saturated rings. The number of carbonyl (C=O) groups excluding carboxylic acids is 1. The highest BCUT2D eigenvalue weighted by Gasteiger charge is 2.13. The third-order valence-corrected chi connectivity index (χ3v) is 2.46. The first-order valence-corrected chi connectivity index (χ1v) is 5.35. The number of carbonyl (C=O) groups is 2. The van der Waals surface area contributed by atoms with Gasteiger partial charge in [0.15, 0.2) is 0 Å². The number of rotatable bonds is 3. The van der Waals surface area contributed by atoms with Crippen molar-refractivity contribution in [3.8, 4) is 0 Å². The second kappa shape index (κ2) is 5.58. The van der Waals surface area contributed by atoms with Crippen molar-refractivity contribution in [1.82, 2.24) is 0 Å². The summed E-state index contributed by atoms with van der Waals surface area (Å²) < 4.78 is 14.0. The molecule has 0 saturated heterocycles. The predicted octanol–water partition coefficient (Wildman–Crippen LogP) is 2.19.